The number of hydrogen-bond acceptors (Lipinski definition) is 4. The third-order valence-electron chi connectivity index (χ3n) is 3.31. The molecule has 21 heavy (non-hydrogen) atoms. The molecular formula is C14H18Cl2N2O3. The molecule has 1 atom stereocenters. The van der Waals surface area contributed by atoms with Crippen LogP contribution in [0.3, 0.4) is 0 Å². The summed E-state index contributed by atoms with van der Waals surface area (Å²) in [6, 6.07) is 4.73. The molecule has 1 aliphatic rings. The number of benzene rings is 1. The molecule has 0 saturated carbocycles. The lowest BCUT2D eigenvalue weighted by Gasteiger charge is -2.22. The Balaban J connectivity index is 0.00000220. The lowest BCUT2D eigenvalue weighted by atomic mass is 9.98. The standard InChI is InChI=1S/C14H17ClN2O3.ClH/c1-20-14(19)11-7-10(15)4-5-12(11)17-13(18)9-3-2-6-16-8-9;/h4-5,7,9,16H,2-3,6,8H2,1H3,(H,17,18);1H. The summed E-state index contributed by atoms with van der Waals surface area (Å²) in [5.41, 5.74) is 0.689. The zero-order valence-electron chi connectivity index (χ0n) is 11.6. The van der Waals surface area contributed by atoms with Crippen LogP contribution in [0.4, 0.5) is 5.69 Å². The van der Waals surface area contributed by atoms with Crippen molar-refractivity contribution in [2.45, 2.75) is 12.8 Å². The second-order valence-electron chi connectivity index (χ2n) is 4.71. The number of hydrogen-bond donors (Lipinski definition) is 2. The molecule has 1 unspecified atom stereocenters. The van der Waals surface area contributed by atoms with Crippen LogP contribution in [-0.4, -0.2) is 32.1 Å². The molecule has 1 aromatic rings. The minimum atomic E-state index is -0.524. The fraction of sp³-hybridized carbons (Fsp3) is 0.429. The van der Waals surface area contributed by atoms with Crippen molar-refractivity contribution in [3.05, 3.63) is 28.8 Å². The van der Waals surface area contributed by atoms with E-state index in [1.165, 1.54) is 13.2 Å². The molecule has 1 amide bonds. The predicted molar refractivity (Wildman–Crippen MR) is 84.3 cm³/mol. The summed E-state index contributed by atoms with van der Waals surface area (Å²) < 4.78 is 4.70. The Morgan fingerprint density at radius 1 is 1.43 bits per heavy atom. The smallest absolute Gasteiger partial charge is 0.340 e. The van der Waals surface area contributed by atoms with E-state index < -0.39 is 5.97 Å². The first-order valence-corrected chi connectivity index (χ1v) is 6.89. The molecule has 0 aromatic heterocycles. The van der Waals surface area contributed by atoms with Crippen LogP contribution in [-0.2, 0) is 9.53 Å². The summed E-state index contributed by atoms with van der Waals surface area (Å²) in [5.74, 6) is -0.695. The van der Waals surface area contributed by atoms with Crippen LogP contribution in [0.25, 0.3) is 0 Å². The number of ether oxygens (including phenoxy) is 1. The molecule has 0 aliphatic carbocycles. The summed E-state index contributed by atoms with van der Waals surface area (Å²) >= 11 is 5.87. The highest BCUT2D eigenvalue weighted by molar-refractivity contribution is 6.31. The maximum Gasteiger partial charge on any atom is 0.340 e. The van der Waals surface area contributed by atoms with Gasteiger partial charge >= 0.3 is 5.97 Å². The number of amides is 1. The first-order valence-electron chi connectivity index (χ1n) is 6.51. The number of nitrogens with one attached hydrogen (secondary N) is 2. The fourth-order valence-electron chi connectivity index (χ4n) is 2.21. The van der Waals surface area contributed by atoms with Crippen LogP contribution >= 0.6 is 24.0 Å². The average Bonchev–Trinajstić information content (AvgIpc) is 2.49. The molecule has 2 rings (SSSR count). The summed E-state index contributed by atoms with van der Waals surface area (Å²) in [5, 5.41) is 6.39. The first-order chi connectivity index (χ1) is 9.61. The molecule has 1 fully saturated rings. The maximum absolute atomic E-state index is 12.2. The van der Waals surface area contributed by atoms with E-state index in [2.05, 4.69) is 10.6 Å². The van der Waals surface area contributed by atoms with E-state index in [0.717, 1.165) is 19.4 Å². The highest BCUT2D eigenvalue weighted by Gasteiger charge is 2.22. The monoisotopic (exact) mass is 332 g/mol. The van der Waals surface area contributed by atoms with Gasteiger partial charge in [0.25, 0.3) is 0 Å². The molecule has 0 bridgehead atoms. The summed E-state index contributed by atoms with van der Waals surface area (Å²) in [6.07, 6.45) is 1.82. The Bertz CT molecular complexity index is 517. The lowest BCUT2D eigenvalue weighted by Crippen LogP contribution is -2.37. The minimum absolute atomic E-state index is 0. The van der Waals surface area contributed by atoms with Gasteiger partial charge in [-0.3, -0.25) is 4.79 Å². The highest BCUT2D eigenvalue weighted by atomic mass is 35.5. The van der Waals surface area contributed by atoms with Crippen LogP contribution in [0.15, 0.2) is 18.2 Å². The van der Waals surface area contributed by atoms with E-state index >= 15 is 0 Å². The molecule has 116 valence electrons. The van der Waals surface area contributed by atoms with Gasteiger partial charge < -0.3 is 15.4 Å². The number of esters is 1. The van der Waals surface area contributed by atoms with Gasteiger partial charge in [-0.15, -0.1) is 12.4 Å². The van der Waals surface area contributed by atoms with Crippen molar-refractivity contribution in [2.24, 2.45) is 5.92 Å². The lowest BCUT2D eigenvalue weighted by molar-refractivity contribution is -0.120. The second-order valence-corrected chi connectivity index (χ2v) is 5.15. The van der Waals surface area contributed by atoms with Crippen LogP contribution in [0.2, 0.25) is 5.02 Å². The Morgan fingerprint density at radius 3 is 2.81 bits per heavy atom. The molecule has 0 spiro atoms. The summed E-state index contributed by atoms with van der Waals surface area (Å²) in [6.45, 7) is 1.60. The van der Waals surface area contributed by atoms with E-state index in [9.17, 15) is 9.59 Å². The third kappa shape index (κ3) is 4.59. The Hall–Kier alpha value is -1.30. The van der Waals surface area contributed by atoms with Gasteiger partial charge in [0.15, 0.2) is 0 Å². The molecule has 7 heteroatoms. The quantitative estimate of drug-likeness (QED) is 0.834. The van der Waals surface area contributed by atoms with Gasteiger partial charge in [0, 0.05) is 11.6 Å². The van der Waals surface area contributed by atoms with Crippen molar-refractivity contribution >= 4 is 41.6 Å². The van der Waals surface area contributed by atoms with E-state index in [0.29, 0.717) is 17.3 Å². The summed E-state index contributed by atoms with van der Waals surface area (Å²) in [4.78, 5) is 23.9. The largest absolute Gasteiger partial charge is 0.465 e. The normalized spacial score (nSPS) is 17.5. The van der Waals surface area contributed by atoms with Crippen molar-refractivity contribution in [3.63, 3.8) is 0 Å². The number of piperidine rings is 1. The number of carbonyl (C=O) groups is 2. The van der Waals surface area contributed by atoms with Crippen molar-refractivity contribution in [1.29, 1.82) is 0 Å². The van der Waals surface area contributed by atoms with Crippen LogP contribution in [0, 0.1) is 5.92 Å². The molecule has 1 aromatic carbocycles. The Kier molecular flexibility index (Phi) is 6.95. The molecule has 1 saturated heterocycles. The van der Waals surface area contributed by atoms with Crippen LogP contribution in [0.5, 0.6) is 0 Å². The van der Waals surface area contributed by atoms with Crippen molar-refractivity contribution in [3.8, 4) is 0 Å². The second kappa shape index (κ2) is 8.22. The van der Waals surface area contributed by atoms with Gasteiger partial charge in [0.2, 0.25) is 5.91 Å². The number of methoxy groups -OCH3 is 1. The summed E-state index contributed by atoms with van der Waals surface area (Å²) in [7, 11) is 1.29. The number of rotatable bonds is 3. The molecule has 0 radical (unpaired) electrons. The van der Waals surface area contributed by atoms with Crippen molar-refractivity contribution < 1.29 is 14.3 Å². The van der Waals surface area contributed by atoms with E-state index in [-0.39, 0.29) is 29.8 Å². The van der Waals surface area contributed by atoms with Gasteiger partial charge in [-0.25, -0.2) is 4.79 Å². The molecule has 1 heterocycles. The first kappa shape index (κ1) is 17.8. The van der Waals surface area contributed by atoms with Gasteiger partial charge in [-0.1, -0.05) is 11.6 Å². The molecule has 2 N–H and O–H groups in total. The van der Waals surface area contributed by atoms with Crippen LogP contribution in [0.1, 0.15) is 23.2 Å². The van der Waals surface area contributed by atoms with Crippen molar-refractivity contribution in [2.75, 3.05) is 25.5 Å². The maximum atomic E-state index is 12.2. The highest BCUT2D eigenvalue weighted by Crippen LogP contribution is 2.23. The number of anilines is 1. The van der Waals surface area contributed by atoms with Gasteiger partial charge in [0.05, 0.1) is 24.3 Å². The molecular weight excluding hydrogens is 315 g/mol. The van der Waals surface area contributed by atoms with E-state index in [1.807, 2.05) is 0 Å². The fourth-order valence-corrected chi connectivity index (χ4v) is 2.39. The van der Waals surface area contributed by atoms with Gasteiger partial charge in [0.1, 0.15) is 0 Å². The molecule has 1 aliphatic heterocycles. The zero-order valence-corrected chi connectivity index (χ0v) is 13.2. The number of carbonyl (C=O) groups excluding carboxylic acids is 2. The third-order valence-corrected chi connectivity index (χ3v) is 3.55. The average molecular weight is 333 g/mol. The minimum Gasteiger partial charge on any atom is -0.465 e. The Labute approximate surface area is 134 Å². The SMILES string of the molecule is COC(=O)c1cc(Cl)ccc1NC(=O)C1CCCNC1.Cl. The molecule has 5 nitrogen and oxygen atoms in total. The Morgan fingerprint density at radius 2 is 2.19 bits per heavy atom. The predicted octanol–water partition coefficient (Wildman–Crippen LogP) is 2.49. The van der Waals surface area contributed by atoms with E-state index in [4.69, 9.17) is 16.3 Å². The van der Waals surface area contributed by atoms with Gasteiger partial charge in [-0.2, -0.15) is 0 Å². The zero-order chi connectivity index (χ0) is 14.5. The van der Waals surface area contributed by atoms with Crippen LogP contribution < -0.4 is 10.6 Å². The number of halogens is 2. The van der Waals surface area contributed by atoms with Crippen molar-refractivity contribution in [1.82, 2.24) is 5.32 Å². The topological polar surface area (TPSA) is 67.4 Å². The van der Waals surface area contributed by atoms with Gasteiger partial charge in [-0.05, 0) is 37.6 Å². The van der Waals surface area contributed by atoms with E-state index in [1.54, 1.807) is 12.1 Å².